The van der Waals surface area contributed by atoms with Gasteiger partial charge in [0.25, 0.3) is 0 Å². The van der Waals surface area contributed by atoms with Crippen LogP contribution >= 0.6 is 0 Å². The molecule has 0 radical (unpaired) electrons. The van der Waals surface area contributed by atoms with Gasteiger partial charge in [-0.05, 0) is 18.4 Å². The number of carbonyl (C=O) groups excluding carboxylic acids is 1. The first kappa shape index (κ1) is 13.8. The lowest BCUT2D eigenvalue weighted by Crippen LogP contribution is -2.38. The zero-order valence-corrected chi connectivity index (χ0v) is 11.9. The van der Waals surface area contributed by atoms with Gasteiger partial charge in [0, 0.05) is 30.9 Å². The first-order valence-corrected chi connectivity index (χ1v) is 7.23. The van der Waals surface area contributed by atoms with E-state index in [-0.39, 0.29) is 11.3 Å². The smallest absolute Gasteiger partial charge is 0.241 e. The maximum absolute atomic E-state index is 12.2. The average Bonchev–Trinajstić information content (AvgIpc) is 3.09. The van der Waals surface area contributed by atoms with E-state index >= 15 is 0 Å². The molecule has 0 bridgehead atoms. The number of aromatic nitrogens is 2. The number of hydrogen-bond donors (Lipinski definition) is 2. The second-order valence-corrected chi connectivity index (χ2v) is 5.84. The van der Waals surface area contributed by atoms with Gasteiger partial charge in [0.05, 0.1) is 6.33 Å². The van der Waals surface area contributed by atoms with Crippen molar-refractivity contribution in [2.75, 3.05) is 6.54 Å². The van der Waals surface area contributed by atoms with Gasteiger partial charge in [-0.1, -0.05) is 30.3 Å². The number of imidazole rings is 1. The van der Waals surface area contributed by atoms with Crippen molar-refractivity contribution >= 4 is 5.91 Å². The predicted octanol–water partition coefficient (Wildman–Crippen LogP) is 1.48. The molecule has 1 aliphatic carbocycles. The molecule has 5 heteroatoms. The van der Waals surface area contributed by atoms with Gasteiger partial charge < -0.3 is 15.6 Å². The number of carbonyl (C=O) groups is 1. The minimum atomic E-state index is -0.602. The Bertz CT molecular complexity index is 590. The lowest BCUT2D eigenvalue weighted by atomic mass is 10.1. The van der Waals surface area contributed by atoms with E-state index in [1.165, 1.54) is 0 Å². The Kier molecular flexibility index (Phi) is 3.75. The molecule has 1 saturated carbocycles. The van der Waals surface area contributed by atoms with Crippen molar-refractivity contribution in [3.8, 4) is 0 Å². The summed E-state index contributed by atoms with van der Waals surface area (Å²) < 4.78 is 2.07. The fraction of sp³-hybridized carbons (Fsp3) is 0.375. The number of nitrogens with one attached hydrogen (secondary N) is 1. The predicted molar refractivity (Wildman–Crippen MR) is 80.3 cm³/mol. The lowest BCUT2D eigenvalue weighted by Gasteiger charge is -2.18. The van der Waals surface area contributed by atoms with Crippen molar-refractivity contribution in [3.05, 3.63) is 54.6 Å². The zero-order valence-electron chi connectivity index (χ0n) is 11.9. The molecule has 2 aromatic rings. The molecule has 0 spiro atoms. The highest BCUT2D eigenvalue weighted by Gasteiger charge is 2.43. The van der Waals surface area contributed by atoms with Gasteiger partial charge in [-0.2, -0.15) is 0 Å². The lowest BCUT2D eigenvalue weighted by molar-refractivity contribution is -0.122. The molecular formula is C16H20N4O. The number of rotatable bonds is 6. The molecule has 21 heavy (non-hydrogen) atoms. The summed E-state index contributed by atoms with van der Waals surface area (Å²) in [5, 5.41) is 3.00. The Morgan fingerprint density at radius 2 is 2.14 bits per heavy atom. The van der Waals surface area contributed by atoms with Gasteiger partial charge in [0.2, 0.25) is 5.91 Å². The normalized spacial score (nSPS) is 17.2. The Labute approximate surface area is 124 Å². The molecule has 1 aromatic carbocycles. The van der Waals surface area contributed by atoms with Crippen LogP contribution in [0.15, 0.2) is 49.1 Å². The summed E-state index contributed by atoms with van der Waals surface area (Å²) in [4.78, 5) is 16.2. The van der Waals surface area contributed by atoms with Crippen LogP contribution in [0.1, 0.15) is 24.4 Å². The van der Waals surface area contributed by atoms with Gasteiger partial charge in [-0.3, -0.25) is 4.79 Å². The zero-order chi connectivity index (χ0) is 14.7. The van der Waals surface area contributed by atoms with E-state index in [1.807, 2.05) is 42.9 Å². The third-order valence-electron chi connectivity index (χ3n) is 4.11. The van der Waals surface area contributed by atoms with E-state index in [0.717, 1.165) is 24.9 Å². The highest BCUT2D eigenvalue weighted by molar-refractivity contribution is 5.82. The summed E-state index contributed by atoms with van der Waals surface area (Å²) in [5.41, 5.74) is 7.01. The second kappa shape index (κ2) is 5.69. The molecule has 1 aromatic heterocycles. The van der Waals surface area contributed by atoms with Crippen LogP contribution < -0.4 is 11.1 Å². The summed E-state index contributed by atoms with van der Waals surface area (Å²) in [5.74, 6) is -0.113. The molecule has 5 nitrogen and oxygen atoms in total. The quantitative estimate of drug-likeness (QED) is 0.844. The molecule has 1 aliphatic rings. The Morgan fingerprint density at radius 3 is 2.76 bits per heavy atom. The SMILES string of the molecule is N[C@@H](C(=O)NCC1(Cn2ccnc2)CC1)c1ccccc1. The highest BCUT2D eigenvalue weighted by Crippen LogP contribution is 2.46. The van der Waals surface area contributed by atoms with Crippen LogP contribution in [0.5, 0.6) is 0 Å². The summed E-state index contributed by atoms with van der Waals surface area (Å²) in [6.07, 6.45) is 7.81. The van der Waals surface area contributed by atoms with Gasteiger partial charge in [-0.15, -0.1) is 0 Å². The summed E-state index contributed by atoms with van der Waals surface area (Å²) in [7, 11) is 0. The van der Waals surface area contributed by atoms with E-state index in [1.54, 1.807) is 6.20 Å². The molecule has 3 rings (SSSR count). The number of nitrogens with two attached hydrogens (primary N) is 1. The van der Waals surface area contributed by atoms with E-state index < -0.39 is 6.04 Å². The van der Waals surface area contributed by atoms with Gasteiger partial charge in [-0.25, -0.2) is 4.98 Å². The Balaban J connectivity index is 1.54. The van der Waals surface area contributed by atoms with Crippen LogP contribution in [0, 0.1) is 5.41 Å². The largest absolute Gasteiger partial charge is 0.354 e. The van der Waals surface area contributed by atoms with Gasteiger partial charge >= 0.3 is 0 Å². The molecule has 1 heterocycles. The van der Waals surface area contributed by atoms with Crippen molar-refractivity contribution in [2.24, 2.45) is 11.1 Å². The van der Waals surface area contributed by atoms with Crippen molar-refractivity contribution in [1.82, 2.24) is 14.9 Å². The summed E-state index contributed by atoms with van der Waals surface area (Å²) >= 11 is 0. The topological polar surface area (TPSA) is 72.9 Å². The van der Waals surface area contributed by atoms with Crippen molar-refractivity contribution in [3.63, 3.8) is 0 Å². The first-order valence-electron chi connectivity index (χ1n) is 7.23. The molecule has 0 aliphatic heterocycles. The number of hydrogen-bond acceptors (Lipinski definition) is 3. The van der Waals surface area contributed by atoms with Crippen LogP contribution in [-0.2, 0) is 11.3 Å². The fourth-order valence-electron chi connectivity index (χ4n) is 2.53. The molecule has 110 valence electrons. The van der Waals surface area contributed by atoms with E-state index in [9.17, 15) is 4.79 Å². The van der Waals surface area contributed by atoms with Gasteiger partial charge in [0.15, 0.2) is 0 Å². The average molecular weight is 284 g/mol. The van der Waals surface area contributed by atoms with E-state index in [0.29, 0.717) is 6.54 Å². The number of nitrogens with zero attached hydrogens (tertiary/aromatic N) is 2. The molecule has 0 unspecified atom stereocenters. The third kappa shape index (κ3) is 3.31. The molecule has 3 N–H and O–H groups in total. The van der Waals surface area contributed by atoms with Crippen LogP contribution in [0.2, 0.25) is 0 Å². The minimum absolute atomic E-state index is 0.113. The number of benzene rings is 1. The second-order valence-electron chi connectivity index (χ2n) is 5.84. The maximum Gasteiger partial charge on any atom is 0.241 e. The first-order chi connectivity index (χ1) is 10.2. The fourth-order valence-corrected chi connectivity index (χ4v) is 2.53. The number of amides is 1. The summed E-state index contributed by atoms with van der Waals surface area (Å²) in [6.45, 7) is 1.57. The van der Waals surface area contributed by atoms with E-state index in [2.05, 4.69) is 14.9 Å². The van der Waals surface area contributed by atoms with Crippen LogP contribution in [-0.4, -0.2) is 22.0 Å². The monoisotopic (exact) mass is 284 g/mol. The van der Waals surface area contributed by atoms with Crippen molar-refractivity contribution in [1.29, 1.82) is 0 Å². The molecular weight excluding hydrogens is 264 g/mol. The van der Waals surface area contributed by atoms with Crippen LogP contribution in [0.3, 0.4) is 0 Å². The van der Waals surface area contributed by atoms with Crippen molar-refractivity contribution in [2.45, 2.75) is 25.4 Å². The standard InChI is InChI=1S/C16H20N4O/c17-14(13-4-2-1-3-5-13)15(21)19-10-16(6-7-16)11-20-9-8-18-12-20/h1-5,8-9,12,14H,6-7,10-11,17H2,(H,19,21)/t14-/m1/s1. The molecule has 1 atom stereocenters. The van der Waals surface area contributed by atoms with Crippen LogP contribution in [0.25, 0.3) is 0 Å². The van der Waals surface area contributed by atoms with Crippen molar-refractivity contribution < 1.29 is 4.79 Å². The van der Waals surface area contributed by atoms with Crippen LogP contribution in [0.4, 0.5) is 0 Å². The van der Waals surface area contributed by atoms with E-state index in [4.69, 9.17) is 5.73 Å². The molecule has 0 saturated heterocycles. The minimum Gasteiger partial charge on any atom is -0.354 e. The highest BCUT2D eigenvalue weighted by atomic mass is 16.2. The Hall–Kier alpha value is -2.14. The maximum atomic E-state index is 12.2. The summed E-state index contributed by atoms with van der Waals surface area (Å²) in [6, 6.07) is 8.85. The molecule has 1 fully saturated rings. The van der Waals surface area contributed by atoms with Gasteiger partial charge in [0.1, 0.15) is 6.04 Å². The molecule has 1 amide bonds. The third-order valence-corrected chi connectivity index (χ3v) is 4.11. The Morgan fingerprint density at radius 1 is 1.38 bits per heavy atom.